The third kappa shape index (κ3) is 4.83. The van der Waals surface area contributed by atoms with Gasteiger partial charge in [-0.2, -0.15) is 13.2 Å². The molecule has 0 aliphatic carbocycles. The van der Waals surface area contributed by atoms with E-state index in [2.05, 4.69) is 15.3 Å². The summed E-state index contributed by atoms with van der Waals surface area (Å²) in [6.45, 7) is 5.65. The Morgan fingerprint density at radius 1 is 1.24 bits per heavy atom. The molecule has 0 unspecified atom stereocenters. The zero-order valence-corrected chi connectivity index (χ0v) is 19.6. The molecule has 1 saturated heterocycles. The first-order chi connectivity index (χ1) is 16.0. The van der Waals surface area contributed by atoms with Gasteiger partial charge in [0, 0.05) is 42.0 Å². The fraction of sp³-hybridized carbons (Fsp3) is 0.500. The predicted octanol–water partition coefficient (Wildman–Crippen LogP) is 4.45. The number of benzene rings is 1. The number of pyridine rings is 1. The van der Waals surface area contributed by atoms with Gasteiger partial charge in [0.05, 0.1) is 35.6 Å². The average Bonchev–Trinajstić information content (AvgIpc) is 3.20. The van der Waals surface area contributed by atoms with Crippen molar-refractivity contribution in [2.24, 2.45) is 0 Å². The number of hydrogen-bond acceptors (Lipinski definition) is 6. The van der Waals surface area contributed by atoms with Gasteiger partial charge in [-0.3, -0.25) is 0 Å². The van der Waals surface area contributed by atoms with Gasteiger partial charge in [-0.25, -0.2) is 9.97 Å². The molecule has 3 heterocycles. The smallest absolute Gasteiger partial charge is 0.418 e. The lowest BCUT2D eigenvalue weighted by atomic mass is 9.80. The third-order valence-electron chi connectivity index (χ3n) is 6.19. The number of nitrogens with one attached hydrogen (secondary N) is 1. The fourth-order valence-corrected chi connectivity index (χ4v) is 4.67. The van der Waals surface area contributed by atoms with Crippen LogP contribution in [0.3, 0.4) is 0 Å². The van der Waals surface area contributed by atoms with Crippen molar-refractivity contribution in [3.63, 3.8) is 0 Å². The van der Waals surface area contributed by atoms with E-state index in [9.17, 15) is 18.3 Å². The summed E-state index contributed by atoms with van der Waals surface area (Å²) in [5.41, 5.74) is -0.997. The van der Waals surface area contributed by atoms with E-state index >= 15 is 0 Å². The molecular weight excluding hydrogens is 449 g/mol. The number of aliphatic hydroxyl groups is 1. The van der Waals surface area contributed by atoms with E-state index in [1.165, 1.54) is 24.1 Å². The van der Waals surface area contributed by atoms with Gasteiger partial charge < -0.3 is 24.5 Å². The maximum atomic E-state index is 13.9. The molecule has 0 bridgehead atoms. The highest BCUT2D eigenvalue weighted by atomic mass is 19.4. The van der Waals surface area contributed by atoms with Crippen LogP contribution < -0.4 is 14.8 Å². The molecule has 34 heavy (non-hydrogen) atoms. The summed E-state index contributed by atoms with van der Waals surface area (Å²) < 4.78 is 54.0. The Labute approximate surface area is 195 Å². The molecule has 3 atom stereocenters. The average molecular weight is 479 g/mol. The molecular formula is C24H29F3N4O3. The molecule has 1 aliphatic rings. The van der Waals surface area contributed by atoms with Gasteiger partial charge in [0.1, 0.15) is 12.4 Å². The number of imidazole rings is 1. The number of piperidine rings is 1. The van der Waals surface area contributed by atoms with E-state index < -0.39 is 17.3 Å². The minimum absolute atomic E-state index is 0.0376. The van der Waals surface area contributed by atoms with E-state index in [0.29, 0.717) is 24.3 Å². The predicted molar refractivity (Wildman–Crippen MR) is 121 cm³/mol. The van der Waals surface area contributed by atoms with Crippen molar-refractivity contribution in [3.8, 4) is 11.6 Å². The number of hydrogen-bond donors (Lipinski definition) is 2. The van der Waals surface area contributed by atoms with Gasteiger partial charge in [0.25, 0.3) is 0 Å². The monoisotopic (exact) mass is 478 g/mol. The molecule has 4 rings (SSSR count). The SMILES string of the molecule is COc1ccc([C@@]2(O)C[C@@H](COc3cc(C(F)(F)F)c4c(c3)ncn4C(C)C)N[C@@H](C)C2)cn1. The van der Waals surface area contributed by atoms with Crippen molar-refractivity contribution < 1.29 is 27.8 Å². The Balaban J connectivity index is 1.56. The highest BCUT2D eigenvalue weighted by Gasteiger charge is 2.40. The molecule has 184 valence electrons. The highest BCUT2D eigenvalue weighted by Crippen LogP contribution is 2.39. The second-order valence-corrected chi connectivity index (χ2v) is 9.19. The third-order valence-corrected chi connectivity index (χ3v) is 6.19. The molecule has 0 amide bonds. The summed E-state index contributed by atoms with van der Waals surface area (Å²) in [5, 5.41) is 14.7. The first-order valence-corrected chi connectivity index (χ1v) is 11.2. The summed E-state index contributed by atoms with van der Waals surface area (Å²) in [6.07, 6.45) is -0.759. The molecule has 10 heteroatoms. The van der Waals surface area contributed by atoms with E-state index in [0.717, 1.165) is 6.07 Å². The second-order valence-electron chi connectivity index (χ2n) is 9.19. The van der Waals surface area contributed by atoms with Crippen LogP contribution in [0.4, 0.5) is 13.2 Å². The Morgan fingerprint density at radius 2 is 2.00 bits per heavy atom. The summed E-state index contributed by atoms with van der Waals surface area (Å²) in [4.78, 5) is 8.36. The molecule has 2 aromatic heterocycles. The maximum Gasteiger partial charge on any atom is 0.418 e. The summed E-state index contributed by atoms with van der Waals surface area (Å²) in [7, 11) is 1.52. The highest BCUT2D eigenvalue weighted by molar-refractivity contribution is 5.81. The van der Waals surface area contributed by atoms with E-state index in [1.807, 2.05) is 6.92 Å². The molecule has 0 saturated carbocycles. The fourth-order valence-electron chi connectivity index (χ4n) is 4.67. The Hall–Kier alpha value is -2.85. The lowest BCUT2D eigenvalue weighted by Crippen LogP contribution is -2.53. The number of halogens is 3. The number of ether oxygens (including phenoxy) is 2. The van der Waals surface area contributed by atoms with Gasteiger partial charge in [-0.15, -0.1) is 0 Å². The lowest BCUT2D eigenvalue weighted by Gasteiger charge is -2.41. The van der Waals surface area contributed by atoms with Gasteiger partial charge in [-0.1, -0.05) is 0 Å². The normalized spacial score (nSPS) is 23.4. The number of nitrogens with zero attached hydrogens (tertiary/aromatic N) is 3. The molecule has 1 aromatic carbocycles. The van der Waals surface area contributed by atoms with E-state index in [-0.39, 0.29) is 41.5 Å². The summed E-state index contributed by atoms with van der Waals surface area (Å²) in [5.74, 6) is 0.536. The van der Waals surface area contributed by atoms with Crippen LogP contribution in [-0.2, 0) is 11.8 Å². The van der Waals surface area contributed by atoms with Crippen molar-refractivity contribution in [3.05, 3.63) is 47.9 Å². The zero-order valence-electron chi connectivity index (χ0n) is 19.6. The number of aromatic nitrogens is 3. The molecule has 7 nitrogen and oxygen atoms in total. The van der Waals surface area contributed by atoms with Crippen molar-refractivity contribution in [1.29, 1.82) is 0 Å². The van der Waals surface area contributed by atoms with Crippen LogP contribution in [-0.4, -0.2) is 45.4 Å². The number of fused-ring (bicyclic) bond motifs is 1. The van der Waals surface area contributed by atoms with Crippen LogP contribution >= 0.6 is 0 Å². The van der Waals surface area contributed by atoms with Gasteiger partial charge in [0.2, 0.25) is 5.88 Å². The quantitative estimate of drug-likeness (QED) is 0.545. The first-order valence-electron chi connectivity index (χ1n) is 11.2. The molecule has 0 spiro atoms. The molecule has 1 aliphatic heterocycles. The van der Waals surface area contributed by atoms with E-state index in [1.54, 1.807) is 32.2 Å². The van der Waals surface area contributed by atoms with Crippen LogP contribution in [0.5, 0.6) is 11.6 Å². The molecule has 2 N–H and O–H groups in total. The zero-order chi connectivity index (χ0) is 24.7. The van der Waals surface area contributed by atoms with Crippen LogP contribution in [0.1, 0.15) is 50.8 Å². The Bertz CT molecular complexity index is 1150. The van der Waals surface area contributed by atoms with Gasteiger partial charge >= 0.3 is 6.18 Å². The summed E-state index contributed by atoms with van der Waals surface area (Å²) >= 11 is 0. The Morgan fingerprint density at radius 3 is 2.62 bits per heavy atom. The van der Waals surface area contributed by atoms with Crippen molar-refractivity contribution >= 4 is 11.0 Å². The van der Waals surface area contributed by atoms with Crippen LogP contribution in [0.15, 0.2) is 36.8 Å². The number of methoxy groups -OCH3 is 1. The van der Waals surface area contributed by atoms with Crippen LogP contribution in [0.2, 0.25) is 0 Å². The maximum absolute atomic E-state index is 13.9. The molecule has 3 aromatic rings. The largest absolute Gasteiger partial charge is 0.492 e. The van der Waals surface area contributed by atoms with Crippen LogP contribution in [0.25, 0.3) is 11.0 Å². The number of alkyl halides is 3. The van der Waals surface area contributed by atoms with Crippen LogP contribution in [0, 0.1) is 0 Å². The minimum Gasteiger partial charge on any atom is -0.492 e. The minimum atomic E-state index is -4.55. The van der Waals surface area contributed by atoms with Gasteiger partial charge in [0.15, 0.2) is 0 Å². The standard InChI is InChI=1S/C24H29F3N4O3/c1-14(2)31-13-29-20-8-18(7-19(22(20)31)24(25,26)27)34-12-17-10-23(32,9-15(3)30-17)16-5-6-21(33-4)28-11-16/h5-8,11,13-15,17,30,32H,9-10,12H2,1-4H3/t15-,17-,23-/m0/s1. The lowest BCUT2D eigenvalue weighted by molar-refractivity contribution is -0.136. The van der Waals surface area contributed by atoms with Crippen molar-refractivity contribution in [1.82, 2.24) is 19.9 Å². The molecule has 1 fully saturated rings. The first kappa shape index (κ1) is 24.3. The van der Waals surface area contributed by atoms with Gasteiger partial charge in [-0.05, 0) is 45.7 Å². The Kier molecular flexibility index (Phi) is 6.48. The summed E-state index contributed by atoms with van der Waals surface area (Å²) in [6, 6.07) is 5.52. The van der Waals surface area contributed by atoms with Crippen molar-refractivity contribution in [2.45, 2.75) is 63.5 Å². The topological polar surface area (TPSA) is 81.4 Å². The van der Waals surface area contributed by atoms with Crippen molar-refractivity contribution in [2.75, 3.05) is 13.7 Å². The second kappa shape index (κ2) is 9.07. The molecule has 0 radical (unpaired) electrons. The van der Waals surface area contributed by atoms with E-state index in [4.69, 9.17) is 9.47 Å². The number of rotatable bonds is 6.